The van der Waals surface area contributed by atoms with Gasteiger partial charge < -0.3 is 0 Å². The van der Waals surface area contributed by atoms with Crippen LogP contribution in [0.1, 0.15) is 0 Å². The van der Waals surface area contributed by atoms with Crippen molar-refractivity contribution in [3.8, 4) is 0 Å². The first-order valence-electron chi connectivity index (χ1n) is 7.94. The predicted molar refractivity (Wildman–Crippen MR) is 109 cm³/mol. The van der Waals surface area contributed by atoms with Crippen LogP contribution in [0.15, 0.2) is 91.0 Å². The fraction of sp³-hybridized carbons (Fsp3) is 0.100. The molecule has 0 saturated carbocycles. The molecule has 3 aromatic carbocycles. The minimum atomic E-state index is -0.0900. The van der Waals surface area contributed by atoms with Gasteiger partial charge in [0.05, 0.1) is 0 Å². The second kappa shape index (κ2) is 7.23. The number of hydrogen-bond donors (Lipinski definition) is 0. The van der Waals surface area contributed by atoms with Crippen molar-refractivity contribution in [2.45, 2.75) is 0 Å². The van der Waals surface area contributed by atoms with Crippen LogP contribution in [0.2, 0.25) is 0 Å². The van der Waals surface area contributed by atoms with Gasteiger partial charge in [0.25, 0.3) is 0 Å². The van der Waals surface area contributed by atoms with Crippen LogP contribution in [0.4, 0.5) is 0 Å². The fourth-order valence-corrected chi connectivity index (χ4v) is 22.1. The van der Waals surface area contributed by atoms with E-state index in [9.17, 15) is 0 Å². The normalized spacial score (nSPS) is 23.7. The Morgan fingerprint density at radius 1 is 0.435 bits per heavy atom. The Morgan fingerprint density at radius 3 is 1.17 bits per heavy atom. The van der Waals surface area contributed by atoms with Gasteiger partial charge in [0.15, 0.2) is 0 Å². The molecule has 0 amide bonds. The summed E-state index contributed by atoms with van der Waals surface area (Å²) < 4.78 is 0. The maximum Gasteiger partial charge on any atom is -0.0148 e. The molecule has 114 valence electrons. The van der Waals surface area contributed by atoms with Gasteiger partial charge in [-0.05, 0) is 50.8 Å². The van der Waals surface area contributed by atoms with Crippen molar-refractivity contribution in [1.29, 1.82) is 0 Å². The van der Waals surface area contributed by atoms with Gasteiger partial charge in [0.2, 0.25) is 0 Å². The second-order valence-corrected chi connectivity index (χ2v) is 16.4. The zero-order valence-corrected chi connectivity index (χ0v) is 15.6. The van der Waals surface area contributed by atoms with Gasteiger partial charge in [-0.2, -0.15) is 0 Å². The lowest BCUT2D eigenvalue weighted by atomic mass is 10.4. The van der Waals surface area contributed by atoms with Crippen LogP contribution in [0.25, 0.3) is 0 Å². The maximum absolute atomic E-state index is 2.37. The fourth-order valence-electron chi connectivity index (χ4n) is 3.03. The molecule has 1 fully saturated rings. The Labute approximate surface area is 142 Å². The highest BCUT2D eigenvalue weighted by atomic mass is 32.5. The van der Waals surface area contributed by atoms with Crippen molar-refractivity contribution in [3.63, 3.8) is 0 Å². The summed E-state index contributed by atoms with van der Waals surface area (Å²) in [7, 11) is -0.189. The van der Waals surface area contributed by atoms with E-state index in [0.29, 0.717) is 0 Å². The lowest BCUT2D eigenvalue weighted by Gasteiger charge is -2.27. The van der Waals surface area contributed by atoms with Gasteiger partial charge >= 0.3 is 0 Å². The van der Waals surface area contributed by atoms with Crippen LogP contribution >= 0.6 is 22.5 Å². The molecule has 2 unspecified atom stereocenters. The standard InChI is InChI=1S/C20H19P3/c1-4-10-18(11-5-1)21-16-17-22(19-12-6-2-7-13-19)23(21)20-14-8-3-9-15-20/h1-15H,16-17H2. The second-order valence-electron chi connectivity index (χ2n) is 5.54. The van der Waals surface area contributed by atoms with Gasteiger partial charge in [-0.15, -0.1) is 0 Å². The van der Waals surface area contributed by atoms with Gasteiger partial charge in [-0.3, -0.25) is 0 Å². The lowest BCUT2D eigenvalue weighted by molar-refractivity contribution is 1.54. The molecule has 4 rings (SSSR count). The minimum absolute atomic E-state index is 0.0492. The Morgan fingerprint density at radius 2 is 0.783 bits per heavy atom. The van der Waals surface area contributed by atoms with Gasteiger partial charge in [0.1, 0.15) is 0 Å². The van der Waals surface area contributed by atoms with Crippen molar-refractivity contribution in [2.75, 3.05) is 12.3 Å². The summed E-state index contributed by atoms with van der Waals surface area (Å²) in [5, 5.41) is 4.79. The molecule has 23 heavy (non-hydrogen) atoms. The molecule has 0 aliphatic carbocycles. The quantitative estimate of drug-likeness (QED) is 0.565. The van der Waals surface area contributed by atoms with E-state index in [1.807, 2.05) is 0 Å². The molecule has 2 atom stereocenters. The van der Waals surface area contributed by atoms with Crippen molar-refractivity contribution >= 4 is 38.4 Å². The van der Waals surface area contributed by atoms with Gasteiger partial charge in [0, 0.05) is 0 Å². The molecule has 3 heteroatoms. The van der Waals surface area contributed by atoms with E-state index in [1.165, 1.54) is 12.3 Å². The van der Waals surface area contributed by atoms with Crippen molar-refractivity contribution in [1.82, 2.24) is 0 Å². The number of benzene rings is 3. The molecule has 1 aliphatic heterocycles. The molecule has 0 nitrogen and oxygen atoms in total. The Kier molecular flexibility index (Phi) is 4.87. The highest BCUT2D eigenvalue weighted by molar-refractivity contribution is 8.67. The van der Waals surface area contributed by atoms with Crippen molar-refractivity contribution in [3.05, 3.63) is 91.0 Å². The summed E-state index contributed by atoms with van der Waals surface area (Å²) in [6.45, 7) is 0. The van der Waals surface area contributed by atoms with Crippen LogP contribution in [0, 0.1) is 0 Å². The third-order valence-electron chi connectivity index (χ3n) is 4.08. The average molecular weight is 352 g/mol. The van der Waals surface area contributed by atoms with Crippen LogP contribution < -0.4 is 15.9 Å². The van der Waals surface area contributed by atoms with E-state index in [4.69, 9.17) is 0 Å². The van der Waals surface area contributed by atoms with E-state index in [-0.39, 0.29) is 22.5 Å². The maximum atomic E-state index is 2.37. The third kappa shape index (κ3) is 3.27. The number of hydrogen-bond acceptors (Lipinski definition) is 0. The zero-order chi connectivity index (χ0) is 15.5. The van der Waals surface area contributed by atoms with Crippen LogP contribution in [0.5, 0.6) is 0 Å². The highest BCUT2D eigenvalue weighted by Crippen LogP contribution is 2.89. The summed E-state index contributed by atoms with van der Waals surface area (Å²) in [5.74, 6) is 0. The zero-order valence-electron chi connectivity index (χ0n) is 12.9. The first kappa shape index (κ1) is 15.5. The van der Waals surface area contributed by atoms with Gasteiger partial charge in [-0.25, -0.2) is 0 Å². The lowest BCUT2D eigenvalue weighted by Crippen LogP contribution is -2.05. The minimum Gasteiger partial charge on any atom is -0.0622 e. The Bertz CT molecular complexity index is 696. The Hall–Kier alpha value is -1.05. The van der Waals surface area contributed by atoms with E-state index >= 15 is 0 Å². The predicted octanol–water partition coefficient (Wildman–Crippen LogP) is 5.25. The molecule has 0 radical (unpaired) electrons. The molecule has 0 bridgehead atoms. The van der Waals surface area contributed by atoms with Crippen LogP contribution in [0.3, 0.4) is 0 Å². The van der Waals surface area contributed by atoms with Gasteiger partial charge in [-0.1, -0.05) is 91.0 Å². The summed E-state index contributed by atoms with van der Waals surface area (Å²) in [4.78, 5) is 0. The molecule has 0 aromatic heterocycles. The highest BCUT2D eigenvalue weighted by Gasteiger charge is 2.37. The summed E-state index contributed by atoms with van der Waals surface area (Å²) >= 11 is 0. The molecular formula is C20H19P3. The number of rotatable bonds is 3. The molecule has 0 spiro atoms. The monoisotopic (exact) mass is 352 g/mol. The SMILES string of the molecule is c1ccc(P2CCP(c3ccccc3)P2c2ccccc2)cc1. The largest absolute Gasteiger partial charge is 0.0622 e. The Balaban J connectivity index is 1.77. The topological polar surface area (TPSA) is 0 Å². The first-order valence-corrected chi connectivity index (χ1v) is 13.7. The van der Waals surface area contributed by atoms with E-state index < -0.39 is 0 Å². The molecule has 1 saturated heterocycles. The van der Waals surface area contributed by atoms with Crippen LogP contribution in [-0.4, -0.2) is 12.3 Å². The van der Waals surface area contributed by atoms with E-state index in [2.05, 4.69) is 91.0 Å². The first-order chi connectivity index (χ1) is 11.4. The summed E-state index contributed by atoms with van der Waals surface area (Å²) in [6.07, 6.45) is 2.78. The molecular weight excluding hydrogens is 333 g/mol. The molecule has 0 N–H and O–H groups in total. The molecule has 3 aromatic rings. The van der Waals surface area contributed by atoms with Crippen molar-refractivity contribution in [2.24, 2.45) is 0 Å². The van der Waals surface area contributed by atoms with E-state index in [0.717, 1.165) is 0 Å². The molecule has 1 aliphatic rings. The van der Waals surface area contributed by atoms with Crippen molar-refractivity contribution < 1.29 is 0 Å². The summed E-state index contributed by atoms with van der Waals surface area (Å²) in [6, 6.07) is 33.8. The average Bonchev–Trinajstić information content (AvgIpc) is 3.09. The summed E-state index contributed by atoms with van der Waals surface area (Å²) in [5.41, 5.74) is 0. The third-order valence-corrected chi connectivity index (χ3v) is 19.8. The smallest absolute Gasteiger partial charge is 0.0148 e. The molecule has 1 heterocycles. The van der Waals surface area contributed by atoms with E-state index in [1.54, 1.807) is 15.9 Å². The van der Waals surface area contributed by atoms with Crippen LogP contribution in [-0.2, 0) is 0 Å².